The number of ether oxygens (including phenoxy) is 1. The molecule has 0 aromatic rings. The van der Waals surface area contributed by atoms with Gasteiger partial charge in [-0.3, -0.25) is 18.7 Å². The lowest BCUT2D eigenvalue weighted by Crippen LogP contribution is -2.38. The van der Waals surface area contributed by atoms with Crippen LogP contribution in [-0.4, -0.2) is 48.4 Å². The molecule has 0 saturated carbocycles. The molecule has 2 atom stereocenters. The standard InChI is InChI=1S/C24H46O9S2/c1-3-5-7-9-11-13-15-17-19-21(34(27,28)29)23(25)33-24(26)22(35(30,31)32)20-18-16-14-12-10-8-6-4-2/h21-22H,3-20H2,1-2H3,(H,27,28,29)(H,30,31,32). The first-order valence-corrected chi connectivity index (χ1v) is 16.1. The summed E-state index contributed by atoms with van der Waals surface area (Å²) >= 11 is 0. The quantitative estimate of drug-likeness (QED) is 0.0767. The SMILES string of the molecule is CCCCCCCCCCC(C(=O)OC(=O)C(CCCCCCCCCC)S(=O)(=O)O)S(=O)(=O)O. The van der Waals surface area contributed by atoms with Gasteiger partial charge in [-0.05, 0) is 12.8 Å². The van der Waals surface area contributed by atoms with Gasteiger partial charge in [0, 0.05) is 0 Å². The van der Waals surface area contributed by atoms with Gasteiger partial charge in [0.25, 0.3) is 20.2 Å². The van der Waals surface area contributed by atoms with Crippen molar-refractivity contribution in [3.8, 4) is 0 Å². The molecule has 0 heterocycles. The monoisotopic (exact) mass is 542 g/mol. The van der Waals surface area contributed by atoms with Crippen LogP contribution in [0.15, 0.2) is 0 Å². The fraction of sp³-hybridized carbons (Fsp3) is 0.917. The van der Waals surface area contributed by atoms with Crippen molar-refractivity contribution in [2.75, 3.05) is 0 Å². The molecule has 208 valence electrons. The van der Waals surface area contributed by atoms with Crippen LogP contribution in [0.1, 0.15) is 129 Å². The average Bonchev–Trinajstić information content (AvgIpc) is 2.74. The van der Waals surface area contributed by atoms with Crippen molar-refractivity contribution >= 4 is 32.2 Å². The van der Waals surface area contributed by atoms with E-state index in [1.807, 2.05) is 0 Å². The van der Waals surface area contributed by atoms with E-state index in [2.05, 4.69) is 18.6 Å². The van der Waals surface area contributed by atoms with Crippen LogP contribution in [0.2, 0.25) is 0 Å². The van der Waals surface area contributed by atoms with Crippen LogP contribution in [0.25, 0.3) is 0 Å². The fourth-order valence-electron chi connectivity index (χ4n) is 3.93. The Labute approximate surface area is 212 Å². The molecule has 0 rings (SSSR count). The molecule has 0 aliphatic rings. The Kier molecular flexibility index (Phi) is 18.6. The molecule has 2 N–H and O–H groups in total. The van der Waals surface area contributed by atoms with Gasteiger partial charge in [0.1, 0.15) is 0 Å². The minimum atomic E-state index is -4.85. The maximum absolute atomic E-state index is 12.3. The predicted molar refractivity (Wildman–Crippen MR) is 136 cm³/mol. The summed E-state index contributed by atoms with van der Waals surface area (Å²) < 4.78 is 70.1. The first-order chi connectivity index (χ1) is 16.4. The third-order valence-corrected chi connectivity index (χ3v) is 8.38. The molecule has 0 aliphatic heterocycles. The van der Waals surface area contributed by atoms with Crippen LogP contribution in [0.4, 0.5) is 0 Å². The first-order valence-electron chi connectivity index (χ1n) is 13.1. The number of unbranched alkanes of at least 4 members (excludes halogenated alkanes) is 14. The number of hydrogen-bond donors (Lipinski definition) is 2. The van der Waals surface area contributed by atoms with Crippen LogP contribution in [0, 0.1) is 0 Å². The van der Waals surface area contributed by atoms with Gasteiger partial charge in [-0.15, -0.1) is 0 Å². The van der Waals surface area contributed by atoms with Gasteiger partial charge >= 0.3 is 11.9 Å². The van der Waals surface area contributed by atoms with Crippen molar-refractivity contribution in [2.45, 2.75) is 140 Å². The topological polar surface area (TPSA) is 152 Å². The van der Waals surface area contributed by atoms with Crippen LogP contribution in [0.5, 0.6) is 0 Å². The minimum Gasteiger partial charge on any atom is -0.391 e. The zero-order valence-electron chi connectivity index (χ0n) is 21.5. The van der Waals surface area contributed by atoms with Gasteiger partial charge in [0.2, 0.25) is 0 Å². The molecule has 0 aromatic carbocycles. The summed E-state index contributed by atoms with van der Waals surface area (Å²) in [7, 11) is -9.70. The van der Waals surface area contributed by atoms with E-state index in [4.69, 9.17) is 0 Å². The van der Waals surface area contributed by atoms with E-state index in [0.717, 1.165) is 77.0 Å². The summed E-state index contributed by atoms with van der Waals surface area (Å²) in [5.41, 5.74) is 0. The Balaban J connectivity index is 4.71. The van der Waals surface area contributed by atoms with E-state index in [1.54, 1.807) is 0 Å². The number of esters is 2. The minimum absolute atomic E-state index is 0.242. The van der Waals surface area contributed by atoms with Crippen LogP contribution in [0.3, 0.4) is 0 Å². The zero-order chi connectivity index (χ0) is 26.7. The van der Waals surface area contributed by atoms with Crippen molar-refractivity contribution < 1.29 is 40.3 Å². The average molecular weight is 543 g/mol. The van der Waals surface area contributed by atoms with E-state index in [1.165, 1.54) is 0 Å². The zero-order valence-corrected chi connectivity index (χ0v) is 23.1. The smallest absolute Gasteiger partial charge is 0.334 e. The maximum Gasteiger partial charge on any atom is 0.334 e. The molecule has 0 amide bonds. The summed E-state index contributed by atoms with van der Waals surface area (Å²) in [5.74, 6) is -3.05. The third-order valence-electron chi connectivity index (χ3n) is 6.09. The highest BCUT2D eigenvalue weighted by atomic mass is 32.2. The molecule has 0 radical (unpaired) electrons. The van der Waals surface area contributed by atoms with Gasteiger partial charge < -0.3 is 4.74 Å². The second-order valence-electron chi connectivity index (χ2n) is 9.27. The fourth-order valence-corrected chi connectivity index (χ4v) is 5.45. The van der Waals surface area contributed by atoms with E-state index in [9.17, 15) is 35.5 Å². The van der Waals surface area contributed by atoms with E-state index >= 15 is 0 Å². The molecule has 0 fully saturated rings. The Bertz CT molecular complexity index is 726. The number of hydrogen-bond acceptors (Lipinski definition) is 7. The van der Waals surface area contributed by atoms with Crippen molar-refractivity contribution in [3.05, 3.63) is 0 Å². The molecular formula is C24H46O9S2. The van der Waals surface area contributed by atoms with Crippen molar-refractivity contribution in [2.24, 2.45) is 0 Å². The van der Waals surface area contributed by atoms with Gasteiger partial charge in [0.05, 0.1) is 0 Å². The highest BCUT2D eigenvalue weighted by molar-refractivity contribution is 7.87. The predicted octanol–water partition coefficient (Wildman–Crippen LogP) is 5.63. The lowest BCUT2D eigenvalue weighted by Gasteiger charge is -2.16. The van der Waals surface area contributed by atoms with Crippen LogP contribution in [-0.2, 0) is 34.6 Å². The molecule has 0 bridgehead atoms. The van der Waals surface area contributed by atoms with Gasteiger partial charge in [-0.1, -0.05) is 117 Å². The normalized spacial score (nSPS) is 13.9. The summed E-state index contributed by atoms with van der Waals surface area (Å²) in [4.78, 5) is 24.6. The summed E-state index contributed by atoms with van der Waals surface area (Å²) in [6.45, 7) is 4.24. The maximum atomic E-state index is 12.3. The van der Waals surface area contributed by atoms with Crippen molar-refractivity contribution in [1.82, 2.24) is 0 Å². The molecule has 0 aliphatic carbocycles. The van der Waals surface area contributed by atoms with Crippen molar-refractivity contribution in [1.29, 1.82) is 0 Å². The molecule has 9 nitrogen and oxygen atoms in total. The largest absolute Gasteiger partial charge is 0.391 e. The lowest BCUT2D eigenvalue weighted by molar-refractivity contribution is -0.159. The molecular weight excluding hydrogens is 496 g/mol. The second kappa shape index (κ2) is 19.1. The molecule has 35 heavy (non-hydrogen) atoms. The van der Waals surface area contributed by atoms with E-state index in [-0.39, 0.29) is 12.8 Å². The Morgan fingerprint density at radius 1 is 0.543 bits per heavy atom. The first kappa shape index (κ1) is 34.0. The Morgan fingerprint density at radius 3 is 1.06 bits per heavy atom. The number of carbonyl (C=O) groups excluding carboxylic acids is 2. The summed E-state index contributed by atoms with van der Waals surface area (Å²) in [5, 5.41) is -3.95. The molecule has 0 spiro atoms. The van der Waals surface area contributed by atoms with Crippen molar-refractivity contribution in [3.63, 3.8) is 0 Å². The van der Waals surface area contributed by atoms with Gasteiger partial charge in [-0.2, -0.15) is 16.8 Å². The lowest BCUT2D eigenvalue weighted by atomic mass is 10.1. The number of rotatable bonds is 22. The summed E-state index contributed by atoms with van der Waals surface area (Å²) in [6.07, 6.45) is 14.1. The second-order valence-corrected chi connectivity index (χ2v) is 12.5. The summed E-state index contributed by atoms with van der Waals surface area (Å²) in [6, 6.07) is 0. The van der Waals surface area contributed by atoms with Crippen LogP contribution < -0.4 is 0 Å². The highest BCUT2D eigenvalue weighted by Gasteiger charge is 2.38. The third kappa shape index (κ3) is 17.1. The van der Waals surface area contributed by atoms with Crippen LogP contribution >= 0.6 is 0 Å². The molecule has 0 saturated heterocycles. The van der Waals surface area contributed by atoms with Gasteiger partial charge in [-0.25, -0.2) is 0 Å². The Morgan fingerprint density at radius 2 is 0.800 bits per heavy atom. The molecule has 11 heteroatoms. The number of carbonyl (C=O) groups is 2. The van der Waals surface area contributed by atoms with E-state index < -0.39 is 42.7 Å². The molecule has 0 aromatic heterocycles. The molecule has 2 unspecified atom stereocenters. The Hall–Kier alpha value is -1.04. The highest BCUT2D eigenvalue weighted by Crippen LogP contribution is 2.18. The van der Waals surface area contributed by atoms with Gasteiger partial charge in [0.15, 0.2) is 10.5 Å². The van der Waals surface area contributed by atoms with E-state index in [0.29, 0.717) is 25.7 Å².